The first-order valence-corrected chi connectivity index (χ1v) is 10.9. The average molecular weight is 502 g/mol. The van der Waals surface area contributed by atoms with Crippen LogP contribution >= 0.6 is 27.7 Å². The fourth-order valence-electron chi connectivity index (χ4n) is 3.12. The third-order valence-corrected chi connectivity index (χ3v) is 6.02. The van der Waals surface area contributed by atoms with E-state index in [-0.39, 0.29) is 17.2 Å². The summed E-state index contributed by atoms with van der Waals surface area (Å²) >= 11 is 4.12. The number of methoxy groups -OCH3 is 2. The summed E-state index contributed by atoms with van der Waals surface area (Å²) in [6, 6.07) is 10.3. The lowest BCUT2D eigenvalue weighted by Gasteiger charge is -2.13. The maximum atomic E-state index is 12.8. The van der Waals surface area contributed by atoms with Gasteiger partial charge in [-0.15, -0.1) is 6.58 Å². The average Bonchev–Trinajstić information content (AvgIpc) is 3.01. The van der Waals surface area contributed by atoms with Crippen LogP contribution in [0.5, 0.6) is 11.5 Å². The number of ether oxygens (including phenoxy) is 2. The number of benzene rings is 2. The minimum Gasteiger partial charge on any atom is -0.493 e. The second-order valence-electron chi connectivity index (χ2n) is 6.61. The Bertz CT molecular complexity index is 1080. The molecule has 1 fully saturated rings. The molecule has 0 spiro atoms. The monoisotopic (exact) mass is 501 g/mol. The van der Waals surface area contributed by atoms with Crippen molar-refractivity contribution in [3.8, 4) is 11.5 Å². The van der Waals surface area contributed by atoms with E-state index in [0.29, 0.717) is 29.0 Å². The summed E-state index contributed by atoms with van der Waals surface area (Å²) < 4.78 is 11.7. The fraction of sp³-hybridized carbons (Fsp3) is 0.174. The molecule has 0 atom stereocenters. The molecule has 0 aliphatic carbocycles. The number of allylic oxidation sites excluding steroid dienone is 1. The maximum Gasteiger partial charge on any atom is 0.293 e. The van der Waals surface area contributed by atoms with Crippen molar-refractivity contribution in [2.24, 2.45) is 0 Å². The van der Waals surface area contributed by atoms with Crippen molar-refractivity contribution in [2.75, 3.05) is 20.8 Å². The highest BCUT2D eigenvalue weighted by Crippen LogP contribution is 2.37. The molecule has 2 aromatic rings. The van der Waals surface area contributed by atoms with Crippen LogP contribution in [0.4, 0.5) is 4.79 Å². The summed E-state index contributed by atoms with van der Waals surface area (Å²) in [7, 11) is 3.08. The molecule has 3 rings (SSSR count). The van der Waals surface area contributed by atoms with Crippen LogP contribution in [0.2, 0.25) is 0 Å². The molecule has 0 saturated carbocycles. The van der Waals surface area contributed by atoms with E-state index < -0.39 is 11.1 Å². The van der Waals surface area contributed by atoms with Gasteiger partial charge in [-0.2, -0.15) is 0 Å². The van der Waals surface area contributed by atoms with Crippen molar-refractivity contribution >= 4 is 50.7 Å². The van der Waals surface area contributed by atoms with Gasteiger partial charge in [0.05, 0.1) is 25.7 Å². The van der Waals surface area contributed by atoms with Gasteiger partial charge in [-0.25, -0.2) is 0 Å². The van der Waals surface area contributed by atoms with Crippen molar-refractivity contribution < 1.29 is 23.9 Å². The zero-order valence-corrected chi connectivity index (χ0v) is 19.4. The van der Waals surface area contributed by atoms with E-state index in [9.17, 15) is 14.4 Å². The van der Waals surface area contributed by atoms with Gasteiger partial charge in [-0.1, -0.05) is 34.1 Å². The molecule has 2 aromatic carbocycles. The van der Waals surface area contributed by atoms with E-state index in [1.54, 1.807) is 49.6 Å². The Morgan fingerprint density at radius 1 is 1.16 bits per heavy atom. The van der Waals surface area contributed by atoms with Crippen LogP contribution < -0.4 is 9.47 Å². The normalized spacial score (nSPS) is 14.8. The van der Waals surface area contributed by atoms with Gasteiger partial charge < -0.3 is 9.47 Å². The lowest BCUT2D eigenvalue weighted by atomic mass is 10.0. The number of rotatable bonds is 8. The minimum atomic E-state index is -0.500. The lowest BCUT2D eigenvalue weighted by molar-refractivity contribution is -0.122. The van der Waals surface area contributed by atoms with E-state index in [2.05, 4.69) is 22.5 Å². The molecular weight excluding hydrogens is 482 g/mol. The number of imide groups is 1. The van der Waals surface area contributed by atoms with E-state index in [0.717, 1.165) is 26.7 Å². The molecule has 0 aromatic heterocycles. The SMILES string of the molecule is C=CCc1cc(/C=C2\SC(=O)N(CC(=O)c3ccc(Br)cc3)C2=O)cc(OC)c1OC. The number of amides is 2. The predicted octanol–water partition coefficient (Wildman–Crippen LogP) is 5.11. The summed E-state index contributed by atoms with van der Waals surface area (Å²) in [6.45, 7) is 3.44. The topological polar surface area (TPSA) is 72.9 Å². The first-order valence-electron chi connectivity index (χ1n) is 9.27. The van der Waals surface area contributed by atoms with Crippen molar-refractivity contribution in [3.05, 3.63) is 75.1 Å². The van der Waals surface area contributed by atoms with Gasteiger partial charge in [0.25, 0.3) is 11.1 Å². The Morgan fingerprint density at radius 3 is 2.48 bits per heavy atom. The van der Waals surface area contributed by atoms with E-state index in [1.165, 1.54) is 7.11 Å². The Hall–Kier alpha value is -2.84. The Kier molecular flexibility index (Phi) is 7.35. The van der Waals surface area contributed by atoms with Gasteiger partial charge in [0.1, 0.15) is 0 Å². The van der Waals surface area contributed by atoms with Crippen LogP contribution in [0.3, 0.4) is 0 Å². The second kappa shape index (κ2) is 9.98. The molecule has 8 heteroatoms. The van der Waals surface area contributed by atoms with Gasteiger partial charge in [0, 0.05) is 15.6 Å². The van der Waals surface area contributed by atoms with Crippen LogP contribution in [0.15, 0.2) is 58.4 Å². The summed E-state index contributed by atoms with van der Waals surface area (Å²) in [4.78, 5) is 38.9. The van der Waals surface area contributed by atoms with E-state index in [4.69, 9.17) is 9.47 Å². The van der Waals surface area contributed by atoms with Crippen LogP contribution in [-0.4, -0.2) is 42.6 Å². The molecule has 1 saturated heterocycles. The predicted molar refractivity (Wildman–Crippen MR) is 125 cm³/mol. The fourth-order valence-corrected chi connectivity index (χ4v) is 4.22. The van der Waals surface area contributed by atoms with E-state index in [1.807, 2.05) is 6.07 Å². The number of nitrogens with zero attached hydrogens (tertiary/aromatic N) is 1. The van der Waals surface area contributed by atoms with Gasteiger partial charge >= 0.3 is 0 Å². The van der Waals surface area contributed by atoms with Gasteiger partial charge in [0.15, 0.2) is 17.3 Å². The smallest absolute Gasteiger partial charge is 0.293 e. The molecule has 0 N–H and O–H groups in total. The number of hydrogen-bond donors (Lipinski definition) is 0. The minimum absolute atomic E-state index is 0.241. The lowest BCUT2D eigenvalue weighted by Crippen LogP contribution is -2.33. The zero-order chi connectivity index (χ0) is 22.5. The quantitative estimate of drug-likeness (QED) is 0.284. The van der Waals surface area contributed by atoms with Crippen LogP contribution in [0.25, 0.3) is 6.08 Å². The largest absolute Gasteiger partial charge is 0.493 e. The molecular formula is C23H20BrNO5S. The van der Waals surface area contributed by atoms with Crippen molar-refractivity contribution in [3.63, 3.8) is 0 Å². The molecule has 160 valence electrons. The van der Waals surface area contributed by atoms with Gasteiger partial charge in [-0.05, 0) is 54.1 Å². The summed E-state index contributed by atoms with van der Waals surface area (Å²) in [5, 5.41) is -0.478. The molecule has 0 unspecified atom stereocenters. The zero-order valence-electron chi connectivity index (χ0n) is 17.0. The number of carbonyl (C=O) groups is 3. The standard InChI is InChI=1S/C23H20BrNO5S/c1-4-5-16-10-14(11-19(29-2)21(16)30-3)12-20-22(27)25(23(28)31-20)13-18(26)15-6-8-17(24)9-7-15/h4,6-12H,1,5,13H2,2-3H3/b20-12-. The number of ketones is 1. The molecule has 31 heavy (non-hydrogen) atoms. The summed E-state index contributed by atoms with van der Waals surface area (Å²) in [5.74, 6) is 0.293. The molecule has 6 nitrogen and oxygen atoms in total. The Morgan fingerprint density at radius 2 is 1.87 bits per heavy atom. The summed E-state index contributed by atoms with van der Waals surface area (Å²) in [5.41, 5.74) is 1.95. The molecule has 2 amide bonds. The Balaban J connectivity index is 1.86. The number of carbonyl (C=O) groups excluding carboxylic acids is 3. The second-order valence-corrected chi connectivity index (χ2v) is 8.52. The highest BCUT2D eigenvalue weighted by Gasteiger charge is 2.36. The van der Waals surface area contributed by atoms with Crippen molar-refractivity contribution in [1.29, 1.82) is 0 Å². The molecule has 0 radical (unpaired) electrons. The summed E-state index contributed by atoms with van der Waals surface area (Å²) in [6.07, 6.45) is 3.90. The number of halogens is 1. The van der Waals surface area contributed by atoms with Crippen molar-refractivity contribution in [1.82, 2.24) is 4.90 Å². The Labute approximate surface area is 193 Å². The maximum absolute atomic E-state index is 12.8. The molecule has 0 bridgehead atoms. The number of thioether (sulfide) groups is 1. The first kappa shape index (κ1) is 22.8. The van der Waals surface area contributed by atoms with E-state index >= 15 is 0 Å². The first-order chi connectivity index (χ1) is 14.9. The molecule has 1 heterocycles. The number of Topliss-reactive ketones (excluding diaryl/α,β-unsaturated/α-hetero) is 1. The number of hydrogen-bond acceptors (Lipinski definition) is 6. The van der Waals surface area contributed by atoms with Crippen LogP contribution in [0.1, 0.15) is 21.5 Å². The van der Waals surface area contributed by atoms with Gasteiger partial charge in [0.2, 0.25) is 0 Å². The third kappa shape index (κ3) is 5.08. The highest BCUT2D eigenvalue weighted by atomic mass is 79.9. The molecule has 1 aliphatic heterocycles. The van der Waals surface area contributed by atoms with Gasteiger partial charge in [-0.3, -0.25) is 19.3 Å². The van der Waals surface area contributed by atoms with Crippen LogP contribution in [-0.2, 0) is 11.2 Å². The van der Waals surface area contributed by atoms with Crippen molar-refractivity contribution in [2.45, 2.75) is 6.42 Å². The highest BCUT2D eigenvalue weighted by molar-refractivity contribution is 9.10. The third-order valence-electron chi connectivity index (χ3n) is 4.58. The van der Waals surface area contributed by atoms with Crippen LogP contribution in [0, 0.1) is 0 Å². The molecule has 1 aliphatic rings.